The van der Waals surface area contributed by atoms with E-state index in [-0.39, 0.29) is 11.4 Å². The fraction of sp³-hybridized carbons (Fsp3) is 0.364. The first-order chi connectivity index (χ1) is 8.53. The van der Waals surface area contributed by atoms with Crippen molar-refractivity contribution in [3.63, 3.8) is 0 Å². The van der Waals surface area contributed by atoms with Crippen molar-refractivity contribution in [1.82, 2.24) is 4.72 Å². The van der Waals surface area contributed by atoms with E-state index in [0.717, 1.165) is 11.8 Å². The van der Waals surface area contributed by atoms with Crippen molar-refractivity contribution in [2.24, 2.45) is 0 Å². The summed E-state index contributed by atoms with van der Waals surface area (Å²) >= 11 is 1.61. The number of halogens is 1. The first-order valence-electron chi connectivity index (χ1n) is 5.20. The van der Waals surface area contributed by atoms with E-state index in [1.807, 2.05) is 6.26 Å². The maximum absolute atomic E-state index is 13.3. The lowest BCUT2D eigenvalue weighted by molar-refractivity contribution is 0.576. The topological polar surface area (TPSA) is 70.0 Å². The number of thioether (sulfide) groups is 1. The van der Waals surface area contributed by atoms with Crippen molar-refractivity contribution in [2.75, 3.05) is 18.6 Å². The summed E-state index contributed by atoms with van der Waals surface area (Å²) in [5, 5.41) is 8.79. The van der Waals surface area contributed by atoms with Crippen LogP contribution in [0, 0.1) is 17.1 Å². The maximum Gasteiger partial charge on any atom is 0.241 e. The summed E-state index contributed by atoms with van der Waals surface area (Å²) in [7, 11) is -3.83. The van der Waals surface area contributed by atoms with Gasteiger partial charge in [0.15, 0.2) is 0 Å². The minimum absolute atomic E-state index is 0.268. The van der Waals surface area contributed by atoms with Gasteiger partial charge in [-0.25, -0.2) is 17.5 Å². The zero-order valence-electron chi connectivity index (χ0n) is 9.81. The molecule has 0 aliphatic rings. The fourth-order valence-corrected chi connectivity index (χ4v) is 3.01. The van der Waals surface area contributed by atoms with Gasteiger partial charge in [-0.1, -0.05) is 6.07 Å². The van der Waals surface area contributed by atoms with Crippen LogP contribution in [0.3, 0.4) is 0 Å². The number of nitriles is 1. The highest BCUT2D eigenvalue weighted by Gasteiger charge is 2.20. The van der Waals surface area contributed by atoms with Crippen LogP contribution in [0.5, 0.6) is 0 Å². The predicted molar refractivity (Wildman–Crippen MR) is 69.3 cm³/mol. The van der Waals surface area contributed by atoms with Crippen LogP contribution in [-0.2, 0) is 10.0 Å². The summed E-state index contributed by atoms with van der Waals surface area (Å²) in [5.41, 5.74) is -0.449. The third kappa shape index (κ3) is 3.70. The Hall–Kier alpha value is -1.10. The summed E-state index contributed by atoms with van der Waals surface area (Å²) in [6.07, 6.45) is 2.60. The largest absolute Gasteiger partial charge is 0.241 e. The molecule has 0 saturated heterocycles. The van der Waals surface area contributed by atoms with E-state index in [1.54, 1.807) is 17.8 Å². The quantitative estimate of drug-likeness (QED) is 0.809. The molecule has 0 atom stereocenters. The number of rotatable bonds is 6. The molecule has 0 aromatic heterocycles. The molecule has 0 spiro atoms. The molecule has 0 saturated carbocycles. The fourth-order valence-electron chi connectivity index (χ4n) is 1.34. The summed E-state index contributed by atoms with van der Waals surface area (Å²) < 4.78 is 39.4. The van der Waals surface area contributed by atoms with Crippen molar-refractivity contribution >= 4 is 21.8 Å². The predicted octanol–water partition coefficient (Wildman–Crippen LogP) is 1.73. The molecule has 0 fully saturated rings. The first kappa shape index (κ1) is 15.0. The molecular weight excluding hydrogens is 275 g/mol. The van der Waals surface area contributed by atoms with E-state index in [9.17, 15) is 12.8 Å². The summed E-state index contributed by atoms with van der Waals surface area (Å²) in [4.78, 5) is -0.311. The molecular formula is C11H13FN2O2S2. The molecule has 0 aliphatic heterocycles. The Morgan fingerprint density at radius 3 is 2.83 bits per heavy atom. The normalized spacial score (nSPS) is 11.2. The molecule has 4 nitrogen and oxygen atoms in total. The third-order valence-corrected chi connectivity index (χ3v) is 4.39. The van der Waals surface area contributed by atoms with E-state index >= 15 is 0 Å². The van der Waals surface area contributed by atoms with Gasteiger partial charge in [0, 0.05) is 6.54 Å². The summed E-state index contributed by atoms with van der Waals surface area (Å²) in [5.74, 6) is 0.000960. The Balaban J connectivity index is 2.93. The second-order valence-corrected chi connectivity index (χ2v) is 6.19. The van der Waals surface area contributed by atoms with Crippen molar-refractivity contribution < 1.29 is 12.8 Å². The standard InChI is InChI=1S/C11H13FN2O2S2/c1-17-7-3-6-14-18(15,16)11-5-2-4-10(12)9(11)8-13/h2,4-5,14H,3,6-7H2,1H3. The lowest BCUT2D eigenvalue weighted by Crippen LogP contribution is -2.26. The molecule has 98 valence electrons. The molecule has 1 rings (SSSR count). The molecule has 0 bridgehead atoms. The van der Waals surface area contributed by atoms with Gasteiger partial charge in [-0.15, -0.1) is 0 Å². The van der Waals surface area contributed by atoms with E-state index in [4.69, 9.17) is 5.26 Å². The zero-order chi connectivity index (χ0) is 13.6. The monoisotopic (exact) mass is 288 g/mol. The van der Waals surface area contributed by atoms with Crippen LogP contribution < -0.4 is 4.72 Å². The van der Waals surface area contributed by atoms with Gasteiger partial charge in [0.05, 0.1) is 0 Å². The average Bonchev–Trinajstić information content (AvgIpc) is 2.34. The Kier molecular flexibility index (Phi) is 5.59. The van der Waals surface area contributed by atoms with Crippen LogP contribution in [0.25, 0.3) is 0 Å². The smallest absolute Gasteiger partial charge is 0.211 e. The average molecular weight is 288 g/mol. The van der Waals surface area contributed by atoms with E-state index in [2.05, 4.69) is 4.72 Å². The van der Waals surface area contributed by atoms with Crippen molar-refractivity contribution in [3.05, 3.63) is 29.6 Å². The third-order valence-electron chi connectivity index (χ3n) is 2.19. The number of sulfonamides is 1. The molecule has 0 radical (unpaired) electrons. The van der Waals surface area contributed by atoms with Crippen LogP contribution in [0.15, 0.2) is 23.1 Å². The van der Waals surface area contributed by atoms with Crippen LogP contribution in [-0.4, -0.2) is 27.0 Å². The van der Waals surface area contributed by atoms with E-state index < -0.39 is 21.4 Å². The second kappa shape index (κ2) is 6.73. The molecule has 0 aliphatic carbocycles. The Morgan fingerprint density at radius 2 is 2.22 bits per heavy atom. The van der Waals surface area contributed by atoms with Gasteiger partial charge in [-0.05, 0) is 30.6 Å². The SMILES string of the molecule is CSCCCNS(=O)(=O)c1cccc(F)c1C#N. The van der Waals surface area contributed by atoms with Gasteiger partial charge in [-0.3, -0.25) is 0 Å². The number of nitrogens with one attached hydrogen (secondary N) is 1. The van der Waals surface area contributed by atoms with Gasteiger partial charge >= 0.3 is 0 Å². The van der Waals surface area contributed by atoms with Gasteiger partial charge < -0.3 is 0 Å². The van der Waals surface area contributed by atoms with Gasteiger partial charge in [0.2, 0.25) is 10.0 Å². The van der Waals surface area contributed by atoms with E-state index in [1.165, 1.54) is 12.1 Å². The van der Waals surface area contributed by atoms with Crippen molar-refractivity contribution in [3.8, 4) is 6.07 Å². The number of hydrogen-bond donors (Lipinski definition) is 1. The van der Waals surface area contributed by atoms with Crippen molar-refractivity contribution in [1.29, 1.82) is 5.26 Å². The van der Waals surface area contributed by atoms with Crippen LogP contribution in [0.2, 0.25) is 0 Å². The van der Waals surface area contributed by atoms with Crippen LogP contribution >= 0.6 is 11.8 Å². The van der Waals surface area contributed by atoms with Crippen LogP contribution in [0.1, 0.15) is 12.0 Å². The highest BCUT2D eigenvalue weighted by molar-refractivity contribution is 7.98. The molecule has 0 unspecified atom stereocenters. The molecule has 1 aromatic carbocycles. The molecule has 18 heavy (non-hydrogen) atoms. The van der Waals surface area contributed by atoms with Crippen LogP contribution in [0.4, 0.5) is 4.39 Å². The number of hydrogen-bond acceptors (Lipinski definition) is 4. The highest BCUT2D eigenvalue weighted by atomic mass is 32.2. The lowest BCUT2D eigenvalue weighted by Gasteiger charge is -2.08. The Labute approximate surface area is 110 Å². The second-order valence-electron chi connectivity index (χ2n) is 3.47. The Morgan fingerprint density at radius 1 is 1.50 bits per heavy atom. The zero-order valence-corrected chi connectivity index (χ0v) is 11.4. The minimum Gasteiger partial charge on any atom is -0.211 e. The first-order valence-corrected chi connectivity index (χ1v) is 8.08. The summed E-state index contributed by atoms with van der Waals surface area (Å²) in [6, 6.07) is 5.13. The molecule has 1 N–H and O–H groups in total. The minimum atomic E-state index is -3.83. The number of benzene rings is 1. The number of nitrogens with zero attached hydrogens (tertiary/aromatic N) is 1. The molecule has 7 heteroatoms. The Bertz CT molecular complexity index is 553. The lowest BCUT2D eigenvalue weighted by atomic mass is 10.2. The summed E-state index contributed by atoms with van der Waals surface area (Å²) in [6.45, 7) is 0.268. The molecule has 1 aromatic rings. The molecule has 0 amide bonds. The van der Waals surface area contributed by atoms with Gasteiger partial charge in [0.1, 0.15) is 22.3 Å². The van der Waals surface area contributed by atoms with E-state index in [0.29, 0.717) is 6.42 Å². The maximum atomic E-state index is 13.3. The van der Waals surface area contributed by atoms with Gasteiger partial charge in [-0.2, -0.15) is 17.0 Å². The van der Waals surface area contributed by atoms with Gasteiger partial charge in [0.25, 0.3) is 0 Å². The van der Waals surface area contributed by atoms with Crippen molar-refractivity contribution in [2.45, 2.75) is 11.3 Å². The molecule has 0 heterocycles. The highest BCUT2D eigenvalue weighted by Crippen LogP contribution is 2.17.